The second kappa shape index (κ2) is 15.8. The van der Waals surface area contributed by atoms with Gasteiger partial charge in [0, 0.05) is 0 Å². The predicted molar refractivity (Wildman–Crippen MR) is 116 cm³/mol. The number of benzene rings is 1. The van der Waals surface area contributed by atoms with Crippen LogP contribution >= 0.6 is 0 Å². The summed E-state index contributed by atoms with van der Waals surface area (Å²) in [4.78, 5) is 22.6. The third-order valence-electron chi connectivity index (χ3n) is 5.22. The van der Waals surface area contributed by atoms with Crippen molar-refractivity contribution in [3.05, 3.63) is 29.3 Å². The number of carboxylic acids is 2. The zero-order valence-corrected chi connectivity index (χ0v) is 18.0. The van der Waals surface area contributed by atoms with E-state index >= 15 is 0 Å². The van der Waals surface area contributed by atoms with E-state index in [1.165, 1.54) is 88.8 Å². The van der Waals surface area contributed by atoms with E-state index in [0.717, 1.165) is 19.3 Å². The van der Waals surface area contributed by atoms with Crippen molar-refractivity contribution in [1.82, 2.24) is 0 Å². The van der Waals surface area contributed by atoms with Gasteiger partial charge in [0.25, 0.3) is 0 Å². The number of aromatic carboxylic acids is 2. The molecule has 1 aromatic carbocycles. The van der Waals surface area contributed by atoms with Crippen LogP contribution in [0.25, 0.3) is 0 Å². The van der Waals surface area contributed by atoms with E-state index < -0.39 is 11.9 Å². The molecule has 0 atom stereocenters. The molecule has 0 aromatic heterocycles. The fourth-order valence-electron chi connectivity index (χ4n) is 3.50. The minimum Gasteiger partial charge on any atom is -0.492 e. The highest BCUT2D eigenvalue weighted by molar-refractivity contribution is 5.98. The molecule has 0 radical (unpaired) electrons. The molecule has 0 saturated heterocycles. The average Bonchev–Trinajstić information content (AvgIpc) is 2.70. The molecule has 0 spiro atoms. The molecule has 5 heteroatoms. The van der Waals surface area contributed by atoms with E-state index in [2.05, 4.69) is 6.92 Å². The number of rotatable bonds is 18. The van der Waals surface area contributed by atoms with Gasteiger partial charge in [0.1, 0.15) is 16.9 Å². The molecule has 0 aliphatic rings. The van der Waals surface area contributed by atoms with Gasteiger partial charge in [0.15, 0.2) is 0 Å². The van der Waals surface area contributed by atoms with Gasteiger partial charge >= 0.3 is 11.9 Å². The molecule has 1 rings (SSSR count). The molecular formula is C24H38O5. The third-order valence-corrected chi connectivity index (χ3v) is 5.22. The van der Waals surface area contributed by atoms with Crippen LogP contribution in [0.2, 0.25) is 0 Å². The number of hydrogen-bond acceptors (Lipinski definition) is 3. The van der Waals surface area contributed by atoms with Crippen LogP contribution in [0, 0.1) is 0 Å². The molecule has 0 fully saturated rings. The number of carboxylic acid groups (broad SMARTS) is 2. The molecule has 0 aliphatic carbocycles. The Hall–Kier alpha value is -2.04. The highest BCUT2D eigenvalue weighted by Crippen LogP contribution is 2.25. The van der Waals surface area contributed by atoms with E-state index in [4.69, 9.17) is 4.74 Å². The van der Waals surface area contributed by atoms with Crippen LogP contribution in [0.4, 0.5) is 0 Å². The summed E-state index contributed by atoms with van der Waals surface area (Å²) in [6.07, 6.45) is 17.6. The van der Waals surface area contributed by atoms with Crippen molar-refractivity contribution in [3.63, 3.8) is 0 Å². The number of para-hydroxylation sites is 1. The van der Waals surface area contributed by atoms with Gasteiger partial charge in [-0.3, -0.25) is 0 Å². The zero-order chi connectivity index (χ0) is 21.3. The van der Waals surface area contributed by atoms with Crippen molar-refractivity contribution in [2.24, 2.45) is 0 Å². The number of carbonyl (C=O) groups is 2. The van der Waals surface area contributed by atoms with E-state index in [0.29, 0.717) is 6.61 Å². The van der Waals surface area contributed by atoms with Crippen molar-refractivity contribution in [1.29, 1.82) is 0 Å². The Balaban J connectivity index is 2.08. The first kappa shape index (κ1) is 25.0. The molecule has 5 nitrogen and oxygen atoms in total. The maximum Gasteiger partial charge on any atom is 0.339 e. The second-order valence-electron chi connectivity index (χ2n) is 7.74. The summed E-state index contributed by atoms with van der Waals surface area (Å²) < 4.78 is 5.54. The normalized spacial score (nSPS) is 10.8. The molecule has 0 unspecified atom stereocenters. The Bertz CT molecular complexity index is 565. The minimum absolute atomic E-state index is 0.0396. The van der Waals surface area contributed by atoms with Crippen LogP contribution < -0.4 is 4.74 Å². The highest BCUT2D eigenvalue weighted by Gasteiger charge is 2.19. The summed E-state index contributed by atoms with van der Waals surface area (Å²) >= 11 is 0. The fourth-order valence-corrected chi connectivity index (χ4v) is 3.50. The molecule has 0 heterocycles. The van der Waals surface area contributed by atoms with Gasteiger partial charge in [-0.2, -0.15) is 0 Å². The smallest absolute Gasteiger partial charge is 0.339 e. The standard InChI is InChI=1S/C24H38O5/c1-2-3-4-5-6-7-8-9-10-11-12-13-14-15-19-29-22-20(23(25)26)17-16-18-21(22)24(27)28/h16-18H,2-15,19H2,1H3,(H,25,26)(H,27,28). The summed E-state index contributed by atoms with van der Waals surface area (Å²) in [5.74, 6) is -2.39. The van der Waals surface area contributed by atoms with Crippen molar-refractivity contribution in [3.8, 4) is 5.75 Å². The number of hydrogen-bond donors (Lipinski definition) is 2. The lowest BCUT2D eigenvalue weighted by Crippen LogP contribution is -2.10. The van der Waals surface area contributed by atoms with Gasteiger partial charge in [0.2, 0.25) is 0 Å². The first-order chi connectivity index (χ1) is 14.1. The van der Waals surface area contributed by atoms with E-state index in [1.807, 2.05) is 0 Å². The topological polar surface area (TPSA) is 83.8 Å². The van der Waals surface area contributed by atoms with Crippen molar-refractivity contribution in [2.45, 2.75) is 96.8 Å². The lowest BCUT2D eigenvalue weighted by molar-refractivity contribution is 0.0688. The molecule has 0 amide bonds. The zero-order valence-electron chi connectivity index (χ0n) is 18.0. The summed E-state index contributed by atoms with van der Waals surface area (Å²) in [6, 6.07) is 4.16. The van der Waals surface area contributed by atoms with Crippen LogP contribution in [-0.2, 0) is 0 Å². The lowest BCUT2D eigenvalue weighted by atomic mass is 10.0. The Labute approximate surface area is 175 Å². The summed E-state index contributed by atoms with van der Waals surface area (Å²) in [6.45, 7) is 2.59. The van der Waals surface area contributed by atoms with Gasteiger partial charge in [-0.25, -0.2) is 9.59 Å². The Kier molecular flexibility index (Phi) is 13.6. The number of ether oxygens (including phenoxy) is 1. The van der Waals surface area contributed by atoms with Gasteiger partial charge < -0.3 is 14.9 Å². The molecule has 0 bridgehead atoms. The van der Waals surface area contributed by atoms with E-state index in [9.17, 15) is 19.8 Å². The second-order valence-corrected chi connectivity index (χ2v) is 7.74. The maximum atomic E-state index is 11.3. The SMILES string of the molecule is CCCCCCCCCCCCCCCCOc1c(C(=O)O)cccc1C(=O)O. The van der Waals surface area contributed by atoms with Crippen molar-refractivity contribution in [2.75, 3.05) is 6.61 Å². The number of unbranched alkanes of at least 4 members (excludes halogenated alkanes) is 13. The molecule has 0 aliphatic heterocycles. The quantitative estimate of drug-likeness (QED) is 0.258. The summed E-state index contributed by atoms with van der Waals surface area (Å²) in [5, 5.41) is 18.4. The van der Waals surface area contributed by atoms with Gasteiger partial charge in [-0.1, -0.05) is 96.5 Å². The molecule has 1 aromatic rings. The Morgan fingerprint density at radius 2 is 1.07 bits per heavy atom. The fraction of sp³-hybridized carbons (Fsp3) is 0.667. The third kappa shape index (κ3) is 10.9. The Morgan fingerprint density at radius 3 is 1.45 bits per heavy atom. The molecule has 29 heavy (non-hydrogen) atoms. The first-order valence-electron chi connectivity index (χ1n) is 11.3. The van der Waals surface area contributed by atoms with Crippen molar-refractivity contribution >= 4 is 11.9 Å². The Morgan fingerprint density at radius 1 is 0.690 bits per heavy atom. The van der Waals surface area contributed by atoms with E-state index in [1.54, 1.807) is 0 Å². The highest BCUT2D eigenvalue weighted by atomic mass is 16.5. The van der Waals surface area contributed by atoms with Crippen molar-refractivity contribution < 1.29 is 24.5 Å². The monoisotopic (exact) mass is 406 g/mol. The largest absolute Gasteiger partial charge is 0.492 e. The lowest BCUT2D eigenvalue weighted by Gasteiger charge is -2.12. The molecule has 164 valence electrons. The minimum atomic E-state index is -1.18. The van der Waals surface area contributed by atoms with Crippen LogP contribution in [0.3, 0.4) is 0 Å². The summed E-state index contributed by atoms with van der Waals surface area (Å²) in [7, 11) is 0. The summed E-state index contributed by atoms with van der Waals surface area (Å²) in [5.41, 5.74) is -0.203. The predicted octanol–water partition coefficient (Wildman–Crippen LogP) is 6.94. The molecular weight excluding hydrogens is 368 g/mol. The molecule has 0 saturated carbocycles. The maximum absolute atomic E-state index is 11.3. The van der Waals surface area contributed by atoms with Crippen LogP contribution in [0.1, 0.15) is 118 Å². The van der Waals surface area contributed by atoms with Gasteiger partial charge in [-0.05, 0) is 18.6 Å². The van der Waals surface area contributed by atoms with Crippen LogP contribution in [0.15, 0.2) is 18.2 Å². The van der Waals surface area contributed by atoms with Crippen LogP contribution in [0.5, 0.6) is 5.75 Å². The molecule has 2 N–H and O–H groups in total. The first-order valence-corrected chi connectivity index (χ1v) is 11.3. The van der Waals surface area contributed by atoms with Gasteiger partial charge in [0.05, 0.1) is 6.61 Å². The van der Waals surface area contributed by atoms with Gasteiger partial charge in [-0.15, -0.1) is 0 Å². The van der Waals surface area contributed by atoms with Crippen LogP contribution in [-0.4, -0.2) is 28.8 Å². The van der Waals surface area contributed by atoms with E-state index in [-0.39, 0.29) is 16.9 Å². The average molecular weight is 407 g/mol.